The van der Waals surface area contributed by atoms with Crippen molar-refractivity contribution in [3.05, 3.63) is 26.9 Å². The van der Waals surface area contributed by atoms with Crippen LogP contribution in [-0.4, -0.2) is 16.5 Å². The maximum atomic E-state index is 10.6. The molecule has 76 valence electrons. The van der Waals surface area contributed by atoms with E-state index in [0.717, 1.165) is 6.42 Å². The maximum absolute atomic E-state index is 10.6. The zero-order valence-corrected chi connectivity index (χ0v) is 9.24. The molecule has 0 spiro atoms. The standard InChI is InChI=1S/C8H10BrN3O2/c1-2-5-10-6-3-4-7(9)11-8(6)12(13)14/h3-4,10H,2,5H2,1H3. The molecule has 1 N–H and O–H groups in total. The molecule has 0 aliphatic rings. The van der Waals surface area contributed by atoms with E-state index in [0.29, 0.717) is 16.8 Å². The molecule has 0 saturated heterocycles. The number of rotatable bonds is 4. The Morgan fingerprint density at radius 2 is 2.36 bits per heavy atom. The highest BCUT2D eigenvalue weighted by Gasteiger charge is 2.15. The summed E-state index contributed by atoms with van der Waals surface area (Å²) in [7, 11) is 0. The van der Waals surface area contributed by atoms with E-state index >= 15 is 0 Å². The smallest absolute Gasteiger partial charge is 0.378 e. The van der Waals surface area contributed by atoms with Gasteiger partial charge in [-0.15, -0.1) is 0 Å². The quantitative estimate of drug-likeness (QED) is 0.513. The minimum absolute atomic E-state index is 0.146. The summed E-state index contributed by atoms with van der Waals surface area (Å²) in [6, 6.07) is 3.32. The summed E-state index contributed by atoms with van der Waals surface area (Å²) in [6.07, 6.45) is 0.910. The lowest BCUT2D eigenvalue weighted by Crippen LogP contribution is -2.04. The molecule has 0 amide bonds. The summed E-state index contributed by atoms with van der Waals surface area (Å²) >= 11 is 3.09. The number of nitrogens with zero attached hydrogens (tertiary/aromatic N) is 2. The van der Waals surface area contributed by atoms with Crippen molar-refractivity contribution in [3.63, 3.8) is 0 Å². The second-order valence-electron chi connectivity index (χ2n) is 2.69. The van der Waals surface area contributed by atoms with Gasteiger partial charge < -0.3 is 15.4 Å². The van der Waals surface area contributed by atoms with Gasteiger partial charge in [0, 0.05) is 22.5 Å². The van der Waals surface area contributed by atoms with Gasteiger partial charge in [0.2, 0.25) is 4.60 Å². The number of aromatic nitrogens is 1. The average Bonchev–Trinajstić information content (AvgIpc) is 2.15. The molecule has 1 aromatic heterocycles. The molecule has 0 aliphatic heterocycles. The van der Waals surface area contributed by atoms with Crippen LogP contribution in [0.2, 0.25) is 0 Å². The first-order chi connectivity index (χ1) is 6.65. The van der Waals surface area contributed by atoms with Gasteiger partial charge >= 0.3 is 5.82 Å². The number of hydrogen-bond acceptors (Lipinski definition) is 4. The van der Waals surface area contributed by atoms with Gasteiger partial charge in [-0.3, -0.25) is 0 Å². The predicted molar refractivity (Wildman–Crippen MR) is 57.4 cm³/mol. The van der Waals surface area contributed by atoms with Gasteiger partial charge in [-0.25, -0.2) is 0 Å². The average molecular weight is 260 g/mol. The van der Waals surface area contributed by atoms with E-state index in [-0.39, 0.29) is 5.82 Å². The Bertz CT molecular complexity index is 343. The minimum Gasteiger partial charge on any atom is -0.378 e. The Labute approximate surface area is 89.8 Å². The summed E-state index contributed by atoms with van der Waals surface area (Å²) < 4.78 is 0.464. The molecular weight excluding hydrogens is 250 g/mol. The normalized spacial score (nSPS) is 9.86. The van der Waals surface area contributed by atoms with E-state index in [1.54, 1.807) is 12.1 Å². The van der Waals surface area contributed by atoms with Crippen LogP contribution in [0, 0.1) is 10.1 Å². The van der Waals surface area contributed by atoms with Gasteiger partial charge in [-0.05, 0) is 28.5 Å². The third kappa shape index (κ3) is 2.66. The lowest BCUT2D eigenvalue weighted by Gasteiger charge is -2.04. The van der Waals surface area contributed by atoms with Gasteiger partial charge in [0.25, 0.3) is 0 Å². The number of nitrogens with one attached hydrogen (secondary N) is 1. The highest BCUT2D eigenvalue weighted by Crippen LogP contribution is 2.23. The Hall–Kier alpha value is -1.17. The third-order valence-electron chi connectivity index (χ3n) is 1.58. The van der Waals surface area contributed by atoms with Crippen LogP contribution < -0.4 is 5.32 Å². The fourth-order valence-electron chi connectivity index (χ4n) is 0.962. The molecular formula is C8H10BrN3O2. The zero-order valence-electron chi connectivity index (χ0n) is 7.66. The van der Waals surface area contributed by atoms with Crippen LogP contribution in [0.5, 0.6) is 0 Å². The van der Waals surface area contributed by atoms with E-state index < -0.39 is 4.92 Å². The topological polar surface area (TPSA) is 68.1 Å². The molecule has 0 radical (unpaired) electrons. The van der Waals surface area contributed by atoms with E-state index in [4.69, 9.17) is 0 Å². The fourth-order valence-corrected chi connectivity index (χ4v) is 1.26. The molecule has 14 heavy (non-hydrogen) atoms. The highest BCUT2D eigenvalue weighted by molar-refractivity contribution is 9.10. The fraction of sp³-hybridized carbons (Fsp3) is 0.375. The maximum Gasteiger partial charge on any atom is 0.388 e. The van der Waals surface area contributed by atoms with Gasteiger partial charge in [0.1, 0.15) is 5.69 Å². The predicted octanol–water partition coefficient (Wildman–Crippen LogP) is 2.57. The molecule has 0 aromatic carbocycles. The van der Waals surface area contributed by atoms with Crippen molar-refractivity contribution in [2.24, 2.45) is 0 Å². The number of hydrogen-bond donors (Lipinski definition) is 1. The number of halogens is 1. The molecule has 5 nitrogen and oxygen atoms in total. The first-order valence-electron chi connectivity index (χ1n) is 4.20. The second kappa shape index (κ2) is 4.90. The van der Waals surface area contributed by atoms with Crippen molar-refractivity contribution in [2.45, 2.75) is 13.3 Å². The number of pyridine rings is 1. The molecule has 0 atom stereocenters. The number of anilines is 1. The summed E-state index contributed by atoms with van der Waals surface area (Å²) in [5.41, 5.74) is 0.458. The van der Waals surface area contributed by atoms with Crippen molar-refractivity contribution in [1.82, 2.24) is 4.98 Å². The van der Waals surface area contributed by atoms with Gasteiger partial charge in [0.15, 0.2) is 0 Å². The number of nitro groups is 1. The van der Waals surface area contributed by atoms with Gasteiger partial charge in [-0.2, -0.15) is 0 Å². The molecule has 0 unspecified atom stereocenters. The van der Waals surface area contributed by atoms with Crippen LogP contribution in [0.15, 0.2) is 16.7 Å². The zero-order chi connectivity index (χ0) is 10.6. The Kier molecular flexibility index (Phi) is 3.82. The molecule has 1 heterocycles. The van der Waals surface area contributed by atoms with E-state index in [2.05, 4.69) is 26.2 Å². The second-order valence-corrected chi connectivity index (χ2v) is 3.50. The molecule has 0 fully saturated rings. The summed E-state index contributed by atoms with van der Waals surface area (Å²) in [6.45, 7) is 2.69. The van der Waals surface area contributed by atoms with Crippen LogP contribution in [0.4, 0.5) is 11.5 Å². The van der Waals surface area contributed by atoms with Crippen LogP contribution in [-0.2, 0) is 0 Å². The minimum atomic E-state index is -0.497. The van der Waals surface area contributed by atoms with Crippen molar-refractivity contribution in [2.75, 3.05) is 11.9 Å². The van der Waals surface area contributed by atoms with Gasteiger partial charge in [-0.1, -0.05) is 6.92 Å². The van der Waals surface area contributed by atoms with Crippen molar-refractivity contribution < 1.29 is 4.92 Å². The Morgan fingerprint density at radius 3 is 2.93 bits per heavy atom. The molecule has 0 bridgehead atoms. The van der Waals surface area contributed by atoms with Crippen molar-refractivity contribution >= 4 is 27.4 Å². The largest absolute Gasteiger partial charge is 0.388 e. The van der Waals surface area contributed by atoms with Crippen LogP contribution in [0.25, 0.3) is 0 Å². The summed E-state index contributed by atoms with van der Waals surface area (Å²) in [5, 5.41) is 13.6. The first kappa shape index (κ1) is 10.9. The molecule has 0 aliphatic carbocycles. The summed E-state index contributed by atoms with van der Waals surface area (Å²) in [4.78, 5) is 13.9. The highest BCUT2D eigenvalue weighted by atomic mass is 79.9. The van der Waals surface area contributed by atoms with Crippen LogP contribution >= 0.6 is 15.9 Å². The molecule has 0 saturated carbocycles. The third-order valence-corrected chi connectivity index (χ3v) is 2.02. The molecule has 1 rings (SSSR count). The van der Waals surface area contributed by atoms with E-state index in [1.807, 2.05) is 6.92 Å². The van der Waals surface area contributed by atoms with Crippen LogP contribution in [0.3, 0.4) is 0 Å². The van der Waals surface area contributed by atoms with E-state index in [9.17, 15) is 10.1 Å². The van der Waals surface area contributed by atoms with E-state index in [1.165, 1.54) is 0 Å². The lowest BCUT2D eigenvalue weighted by atomic mass is 10.3. The Balaban J connectivity index is 2.96. The van der Waals surface area contributed by atoms with Gasteiger partial charge in [0.05, 0.1) is 0 Å². The Morgan fingerprint density at radius 1 is 1.64 bits per heavy atom. The SMILES string of the molecule is CCCNc1ccc(Br)nc1[N+](=O)[O-]. The van der Waals surface area contributed by atoms with Crippen molar-refractivity contribution in [3.8, 4) is 0 Å². The van der Waals surface area contributed by atoms with Crippen molar-refractivity contribution in [1.29, 1.82) is 0 Å². The van der Waals surface area contributed by atoms with Crippen LogP contribution in [0.1, 0.15) is 13.3 Å². The summed E-state index contributed by atoms with van der Waals surface area (Å²) in [5.74, 6) is -0.146. The monoisotopic (exact) mass is 259 g/mol. The molecule has 1 aromatic rings. The lowest BCUT2D eigenvalue weighted by molar-refractivity contribution is -0.388. The molecule has 6 heteroatoms. The first-order valence-corrected chi connectivity index (χ1v) is 4.99.